The van der Waals surface area contributed by atoms with Gasteiger partial charge in [0.1, 0.15) is 11.9 Å². The first-order valence-electron chi connectivity index (χ1n) is 5.39. The molecule has 0 amide bonds. The largest absolute Gasteiger partial charge is 0.482 e. The van der Waals surface area contributed by atoms with E-state index in [0.29, 0.717) is 11.6 Å². The van der Waals surface area contributed by atoms with Crippen molar-refractivity contribution in [2.24, 2.45) is 0 Å². The number of ether oxygens (including phenoxy) is 1. The maximum Gasteiger partial charge on any atom is 0.166 e. The van der Waals surface area contributed by atoms with E-state index in [4.69, 9.17) is 10.5 Å². The molecule has 1 heterocycles. The lowest BCUT2D eigenvalue weighted by Crippen LogP contribution is -2.06. The molecule has 0 saturated heterocycles. The fourth-order valence-electron chi connectivity index (χ4n) is 1.54. The second-order valence-corrected chi connectivity index (χ2v) is 4.77. The molecule has 0 saturated carbocycles. The minimum absolute atomic E-state index is 0.289. The lowest BCUT2D eigenvalue weighted by atomic mass is 10.1. The van der Waals surface area contributed by atoms with Gasteiger partial charge in [-0.2, -0.15) is 0 Å². The molecule has 0 aliphatic rings. The van der Waals surface area contributed by atoms with Gasteiger partial charge in [0.05, 0.1) is 0 Å². The van der Waals surface area contributed by atoms with Crippen molar-refractivity contribution >= 4 is 21.7 Å². The first kappa shape index (κ1) is 12.8. The van der Waals surface area contributed by atoms with Crippen molar-refractivity contribution in [3.8, 4) is 5.75 Å². The Morgan fingerprint density at radius 3 is 2.89 bits per heavy atom. The van der Waals surface area contributed by atoms with Crippen molar-refractivity contribution in [2.75, 3.05) is 5.73 Å². The predicted molar refractivity (Wildman–Crippen MR) is 71.8 cm³/mol. The fraction of sp³-hybridized carbons (Fsp3) is 0.154. The number of hydrogen-bond donors (Lipinski definition) is 1. The number of aromatic nitrogens is 1. The SMILES string of the molecule is C[C@H](Oc1cc(Br)cnc1N)c1cccc(F)c1. The number of rotatable bonds is 3. The molecule has 0 fully saturated rings. The number of halogens is 2. The summed E-state index contributed by atoms with van der Waals surface area (Å²) in [7, 11) is 0. The normalized spacial score (nSPS) is 12.2. The van der Waals surface area contributed by atoms with Crippen LogP contribution in [0.1, 0.15) is 18.6 Å². The summed E-state index contributed by atoms with van der Waals surface area (Å²) in [5, 5.41) is 0. The van der Waals surface area contributed by atoms with E-state index in [-0.39, 0.29) is 11.9 Å². The third kappa shape index (κ3) is 2.98. The van der Waals surface area contributed by atoms with E-state index in [9.17, 15) is 4.39 Å². The Kier molecular flexibility index (Phi) is 3.81. The number of anilines is 1. The van der Waals surface area contributed by atoms with Crippen LogP contribution in [0.15, 0.2) is 41.0 Å². The van der Waals surface area contributed by atoms with Crippen molar-refractivity contribution in [1.29, 1.82) is 0 Å². The molecule has 1 aromatic heterocycles. The zero-order valence-corrected chi connectivity index (χ0v) is 11.3. The molecule has 0 aliphatic carbocycles. The van der Waals surface area contributed by atoms with Gasteiger partial charge < -0.3 is 10.5 Å². The molecule has 3 nitrogen and oxygen atoms in total. The van der Waals surface area contributed by atoms with Gasteiger partial charge in [0.15, 0.2) is 11.6 Å². The average Bonchev–Trinajstić information content (AvgIpc) is 2.34. The van der Waals surface area contributed by atoms with Crippen LogP contribution in [-0.4, -0.2) is 4.98 Å². The van der Waals surface area contributed by atoms with Crippen LogP contribution in [0.25, 0.3) is 0 Å². The second kappa shape index (κ2) is 5.35. The van der Waals surface area contributed by atoms with E-state index in [1.54, 1.807) is 24.4 Å². The summed E-state index contributed by atoms with van der Waals surface area (Å²) >= 11 is 3.30. The molecule has 0 spiro atoms. The summed E-state index contributed by atoms with van der Waals surface area (Å²) in [5.41, 5.74) is 6.46. The van der Waals surface area contributed by atoms with Crippen LogP contribution in [0, 0.1) is 5.82 Å². The Bertz CT molecular complexity index is 562. The summed E-state index contributed by atoms with van der Waals surface area (Å²) in [5.74, 6) is 0.492. The van der Waals surface area contributed by atoms with Gasteiger partial charge in [0, 0.05) is 10.7 Å². The standard InChI is InChI=1S/C13H12BrFN2O/c1-8(9-3-2-4-11(15)5-9)18-12-6-10(14)7-17-13(12)16/h2-8H,1H3,(H2,16,17)/t8-/m0/s1. The minimum atomic E-state index is -0.306. The second-order valence-electron chi connectivity index (χ2n) is 3.85. The number of benzene rings is 1. The predicted octanol–water partition coefficient (Wildman–Crippen LogP) is 3.71. The van der Waals surface area contributed by atoms with Crippen molar-refractivity contribution in [3.63, 3.8) is 0 Å². The molecule has 2 aromatic rings. The summed E-state index contributed by atoms with van der Waals surface area (Å²) in [4.78, 5) is 3.97. The highest BCUT2D eigenvalue weighted by molar-refractivity contribution is 9.10. The van der Waals surface area contributed by atoms with Gasteiger partial charge in [-0.1, -0.05) is 12.1 Å². The van der Waals surface area contributed by atoms with Crippen molar-refractivity contribution in [3.05, 3.63) is 52.4 Å². The molecule has 1 aromatic carbocycles. The molecule has 2 rings (SSSR count). The number of nitrogen functional groups attached to an aromatic ring is 1. The quantitative estimate of drug-likeness (QED) is 0.940. The summed E-state index contributed by atoms with van der Waals surface area (Å²) in [6.07, 6.45) is 1.29. The molecule has 0 bridgehead atoms. The molecule has 18 heavy (non-hydrogen) atoms. The van der Waals surface area contributed by atoms with Crippen LogP contribution in [0.3, 0.4) is 0 Å². The van der Waals surface area contributed by atoms with Crippen LogP contribution < -0.4 is 10.5 Å². The smallest absolute Gasteiger partial charge is 0.166 e. The van der Waals surface area contributed by atoms with Crippen LogP contribution in [0.4, 0.5) is 10.2 Å². The van der Waals surface area contributed by atoms with Gasteiger partial charge in [0.25, 0.3) is 0 Å². The third-order valence-corrected chi connectivity index (χ3v) is 2.90. The van der Waals surface area contributed by atoms with Crippen LogP contribution in [0.5, 0.6) is 5.75 Å². The molecule has 0 aliphatic heterocycles. The summed E-state index contributed by atoms with van der Waals surface area (Å²) in [6.45, 7) is 1.83. The molecule has 0 unspecified atom stereocenters. The third-order valence-electron chi connectivity index (χ3n) is 2.47. The van der Waals surface area contributed by atoms with Gasteiger partial charge in [-0.3, -0.25) is 0 Å². The van der Waals surface area contributed by atoms with Gasteiger partial charge in [-0.15, -0.1) is 0 Å². The van der Waals surface area contributed by atoms with Gasteiger partial charge in [-0.25, -0.2) is 9.37 Å². The Balaban J connectivity index is 2.21. The van der Waals surface area contributed by atoms with E-state index >= 15 is 0 Å². The highest BCUT2D eigenvalue weighted by Gasteiger charge is 2.11. The Hall–Kier alpha value is -1.62. The van der Waals surface area contributed by atoms with Gasteiger partial charge in [-0.05, 0) is 46.6 Å². The topological polar surface area (TPSA) is 48.1 Å². The number of nitrogens with two attached hydrogens (primary N) is 1. The van der Waals surface area contributed by atoms with Crippen molar-refractivity contribution < 1.29 is 9.13 Å². The van der Waals surface area contributed by atoms with Crippen LogP contribution >= 0.6 is 15.9 Å². The highest BCUT2D eigenvalue weighted by Crippen LogP contribution is 2.28. The zero-order valence-electron chi connectivity index (χ0n) is 9.73. The average molecular weight is 311 g/mol. The lowest BCUT2D eigenvalue weighted by molar-refractivity contribution is 0.227. The maximum absolute atomic E-state index is 13.1. The van der Waals surface area contributed by atoms with E-state index in [2.05, 4.69) is 20.9 Å². The number of pyridine rings is 1. The molecular weight excluding hydrogens is 299 g/mol. The van der Waals surface area contributed by atoms with E-state index < -0.39 is 0 Å². The highest BCUT2D eigenvalue weighted by atomic mass is 79.9. The van der Waals surface area contributed by atoms with Crippen LogP contribution in [-0.2, 0) is 0 Å². The molecule has 1 atom stereocenters. The van der Waals surface area contributed by atoms with E-state index in [1.165, 1.54) is 12.1 Å². The summed E-state index contributed by atoms with van der Waals surface area (Å²) in [6, 6.07) is 8.01. The minimum Gasteiger partial charge on any atom is -0.482 e. The van der Waals surface area contributed by atoms with Gasteiger partial charge in [0.2, 0.25) is 0 Å². The molecule has 5 heteroatoms. The fourth-order valence-corrected chi connectivity index (χ4v) is 1.85. The maximum atomic E-state index is 13.1. The molecule has 0 radical (unpaired) electrons. The first-order valence-corrected chi connectivity index (χ1v) is 6.18. The van der Waals surface area contributed by atoms with Crippen molar-refractivity contribution in [1.82, 2.24) is 4.98 Å². The Morgan fingerprint density at radius 1 is 1.39 bits per heavy atom. The zero-order chi connectivity index (χ0) is 13.1. The first-order chi connectivity index (χ1) is 8.56. The van der Waals surface area contributed by atoms with Gasteiger partial charge >= 0.3 is 0 Å². The van der Waals surface area contributed by atoms with Crippen LogP contribution in [0.2, 0.25) is 0 Å². The molecule has 94 valence electrons. The number of nitrogens with zero attached hydrogens (tertiary/aromatic N) is 1. The Labute approximate surface area is 113 Å². The lowest BCUT2D eigenvalue weighted by Gasteiger charge is -2.16. The van der Waals surface area contributed by atoms with E-state index in [0.717, 1.165) is 10.0 Å². The summed E-state index contributed by atoms with van der Waals surface area (Å²) < 4.78 is 19.6. The van der Waals surface area contributed by atoms with E-state index in [1.807, 2.05) is 6.92 Å². The number of hydrogen-bond acceptors (Lipinski definition) is 3. The molecule has 2 N–H and O–H groups in total. The molecular formula is C13H12BrFN2O. The Morgan fingerprint density at radius 2 is 2.17 bits per heavy atom. The monoisotopic (exact) mass is 310 g/mol. The van der Waals surface area contributed by atoms with Crippen molar-refractivity contribution in [2.45, 2.75) is 13.0 Å².